The first-order valence-electron chi connectivity index (χ1n) is 4.41. The van der Waals surface area contributed by atoms with E-state index in [2.05, 4.69) is 24.1 Å². The average Bonchev–Trinajstić information content (AvgIpc) is 2.38. The fourth-order valence-electron chi connectivity index (χ4n) is 1.63. The summed E-state index contributed by atoms with van der Waals surface area (Å²) in [4.78, 5) is 0. The van der Waals surface area contributed by atoms with E-state index in [-0.39, 0.29) is 0 Å². The maximum absolute atomic E-state index is 3.52. The van der Waals surface area contributed by atoms with Gasteiger partial charge in [0.2, 0.25) is 0 Å². The van der Waals surface area contributed by atoms with Crippen molar-refractivity contribution in [2.45, 2.75) is 45.1 Å². The van der Waals surface area contributed by atoms with Gasteiger partial charge in [0.25, 0.3) is 0 Å². The smallest absolute Gasteiger partial charge is 0.0162 e. The Balaban J connectivity index is 2.26. The van der Waals surface area contributed by atoms with Gasteiger partial charge in [-0.05, 0) is 39.7 Å². The third-order valence-corrected chi connectivity index (χ3v) is 2.44. The first kappa shape index (κ1) is 8.62. The molecule has 1 aliphatic heterocycles. The van der Waals surface area contributed by atoms with Crippen LogP contribution in [-0.4, -0.2) is 12.1 Å². The van der Waals surface area contributed by atoms with Gasteiger partial charge >= 0.3 is 0 Å². The minimum absolute atomic E-state index is 0.393. The Morgan fingerprint density at radius 2 is 2.36 bits per heavy atom. The van der Waals surface area contributed by atoms with E-state index in [0.29, 0.717) is 5.54 Å². The third kappa shape index (κ3) is 2.55. The molecule has 0 aromatic rings. The van der Waals surface area contributed by atoms with Crippen molar-refractivity contribution >= 4 is 0 Å². The largest absolute Gasteiger partial charge is 0.311 e. The summed E-state index contributed by atoms with van der Waals surface area (Å²) in [5.74, 6) is 6.04. The SMILES string of the molecule is CC#CCCC1(C)CCCN1. The van der Waals surface area contributed by atoms with Crippen LogP contribution in [0.4, 0.5) is 0 Å². The molecule has 0 bridgehead atoms. The topological polar surface area (TPSA) is 12.0 Å². The summed E-state index contributed by atoms with van der Waals surface area (Å²) in [6, 6.07) is 0. The van der Waals surface area contributed by atoms with Crippen molar-refractivity contribution in [3.63, 3.8) is 0 Å². The first-order chi connectivity index (χ1) is 5.27. The zero-order chi connectivity index (χ0) is 8.16. The lowest BCUT2D eigenvalue weighted by Gasteiger charge is -2.22. The summed E-state index contributed by atoms with van der Waals surface area (Å²) in [5, 5.41) is 3.52. The van der Waals surface area contributed by atoms with Crippen LogP contribution in [0.1, 0.15) is 39.5 Å². The minimum Gasteiger partial charge on any atom is -0.311 e. The van der Waals surface area contributed by atoms with E-state index in [1.165, 1.54) is 25.8 Å². The van der Waals surface area contributed by atoms with Gasteiger partial charge in [-0.15, -0.1) is 11.8 Å². The molecule has 1 rings (SSSR count). The lowest BCUT2D eigenvalue weighted by Crippen LogP contribution is -2.35. The molecule has 0 radical (unpaired) electrons. The van der Waals surface area contributed by atoms with Crippen LogP contribution in [0.25, 0.3) is 0 Å². The molecule has 1 fully saturated rings. The molecule has 1 atom stereocenters. The van der Waals surface area contributed by atoms with Crippen molar-refractivity contribution in [3.05, 3.63) is 0 Å². The monoisotopic (exact) mass is 151 g/mol. The van der Waals surface area contributed by atoms with Crippen LogP contribution >= 0.6 is 0 Å². The second-order valence-electron chi connectivity index (χ2n) is 3.52. The van der Waals surface area contributed by atoms with Gasteiger partial charge in [0.05, 0.1) is 0 Å². The Morgan fingerprint density at radius 3 is 2.91 bits per heavy atom. The predicted molar refractivity (Wildman–Crippen MR) is 48.3 cm³/mol. The lowest BCUT2D eigenvalue weighted by molar-refractivity contribution is 0.389. The summed E-state index contributed by atoms with van der Waals surface area (Å²) in [7, 11) is 0. The fourth-order valence-corrected chi connectivity index (χ4v) is 1.63. The third-order valence-electron chi connectivity index (χ3n) is 2.44. The highest BCUT2D eigenvalue weighted by molar-refractivity contribution is 4.99. The van der Waals surface area contributed by atoms with E-state index in [9.17, 15) is 0 Å². The van der Waals surface area contributed by atoms with Gasteiger partial charge in [-0.3, -0.25) is 0 Å². The van der Waals surface area contributed by atoms with Crippen LogP contribution in [0.3, 0.4) is 0 Å². The lowest BCUT2D eigenvalue weighted by atomic mass is 9.94. The van der Waals surface area contributed by atoms with E-state index in [4.69, 9.17) is 0 Å². The fraction of sp³-hybridized carbons (Fsp3) is 0.800. The van der Waals surface area contributed by atoms with Gasteiger partial charge in [-0.1, -0.05) is 0 Å². The van der Waals surface area contributed by atoms with Crippen LogP contribution in [0.5, 0.6) is 0 Å². The first-order valence-corrected chi connectivity index (χ1v) is 4.41. The maximum Gasteiger partial charge on any atom is 0.0162 e. The van der Waals surface area contributed by atoms with Crippen LogP contribution in [0.2, 0.25) is 0 Å². The van der Waals surface area contributed by atoms with Crippen molar-refractivity contribution in [2.75, 3.05) is 6.54 Å². The van der Waals surface area contributed by atoms with Gasteiger partial charge in [0, 0.05) is 12.0 Å². The highest BCUT2D eigenvalue weighted by Crippen LogP contribution is 2.23. The Kier molecular flexibility index (Phi) is 2.96. The highest BCUT2D eigenvalue weighted by Gasteiger charge is 2.26. The van der Waals surface area contributed by atoms with Gasteiger partial charge in [-0.25, -0.2) is 0 Å². The highest BCUT2D eigenvalue weighted by atomic mass is 15.0. The van der Waals surface area contributed by atoms with E-state index < -0.39 is 0 Å². The molecule has 11 heavy (non-hydrogen) atoms. The quantitative estimate of drug-likeness (QED) is 0.595. The second kappa shape index (κ2) is 3.78. The molecule has 0 amide bonds. The molecular formula is C10H17N. The minimum atomic E-state index is 0.393. The summed E-state index contributed by atoms with van der Waals surface area (Å²) >= 11 is 0. The summed E-state index contributed by atoms with van der Waals surface area (Å²) < 4.78 is 0. The molecule has 1 unspecified atom stereocenters. The van der Waals surface area contributed by atoms with Gasteiger partial charge in [0.15, 0.2) is 0 Å². The maximum atomic E-state index is 3.52. The average molecular weight is 151 g/mol. The molecule has 0 aliphatic carbocycles. The summed E-state index contributed by atoms with van der Waals surface area (Å²) in [6.07, 6.45) is 4.89. The molecule has 0 aromatic heterocycles. The van der Waals surface area contributed by atoms with Crippen molar-refractivity contribution < 1.29 is 0 Å². The Labute approximate surface area is 69.6 Å². The van der Waals surface area contributed by atoms with Gasteiger partial charge in [-0.2, -0.15) is 0 Å². The zero-order valence-electron chi connectivity index (χ0n) is 7.54. The molecular weight excluding hydrogens is 134 g/mol. The number of hydrogen-bond acceptors (Lipinski definition) is 1. The number of hydrogen-bond donors (Lipinski definition) is 1. The molecule has 0 spiro atoms. The number of nitrogens with one attached hydrogen (secondary N) is 1. The van der Waals surface area contributed by atoms with Crippen LogP contribution in [0.15, 0.2) is 0 Å². The Bertz CT molecular complexity index is 167. The van der Waals surface area contributed by atoms with E-state index >= 15 is 0 Å². The van der Waals surface area contributed by atoms with Crippen molar-refractivity contribution in [1.29, 1.82) is 0 Å². The molecule has 1 saturated heterocycles. The van der Waals surface area contributed by atoms with Crippen molar-refractivity contribution in [1.82, 2.24) is 5.32 Å². The van der Waals surface area contributed by atoms with Gasteiger partial charge in [0.1, 0.15) is 0 Å². The van der Waals surface area contributed by atoms with Crippen molar-refractivity contribution in [3.8, 4) is 11.8 Å². The molecule has 1 heteroatoms. The molecule has 0 saturated carbocycles. The van der Waals surface area contributed by atoms with Crippen LogP contribution in [-0.2, 0) is 0 Å². The normalized spacial score (nSPS) is 29.6. The number of rotatable bonds is 2. The van der Waals surface area contributed by atoms with Crippen LogP contribution < -0.4 is 5.32 Å². The van der Waals surface area contributed by atoms with Crippen LogP contribution in [0, 0.1) is 11.8 Å². The molecule has 1 aliphatic rings. The summed E-state index contributed by atoms with van der Waals surface area (Å²) in [6.45, 7) is 5.40. The Hall–Kier alpha value is -0.480. The molecule has 1 heterocycles. The van der Waals surface area contributed by atoms with Gasteiger partial charge < -0.3 is 5.32 Å². The standard InChI is InChI=1S/C10H17N/c1-3-4-5-7-10(2)8-6-9-11-10/h11H,5-9H2,1-2H3. The summed E-state index contributed by atoms with van der Waals surface area (Å²) in [5.41, 5.74) is 0.393. The predicted octanol–water partition coefficient (Wildman–Crippen LogP) is 1.93. The van der Waals surface area contributed by atoms with E-state index in [1.54, 1.807) is 0 Å². The Morgan fingerprint density at radius 1 is 1.55 bits per heavy atom. The second-order valence-corrected chi connectivity index (χ2v) is 3.52. The molecule has 62 valence electrons. The zero-order valence-corrected chi connectivity index (χ0v) is 7.54. The molecule has 1 N–H and O–H groups in total. The molecule has 0 aromatic carbocycles. The van der Waals surface area contributed by atoms with Crippen molar-refractivity contribution in [2.24, 2.45) is 0 Å². The molecule has 1 nitrogen and oxygen atoms in total. The van der Waals surface area contributed by atoms with E-state index in [1.807, 2.05) is 6.92 Å². The van der Waals surface area contributed by atoms with E-state index in [0.717, 1.165) is 6.42 Å².